The largest absolute Gasteiger partial charge is 0.370 e. The number of aromatic nitrogens is 2. The third kappa shape index (κ3) is 5.17. The van der Waals surface area contributed by atoms with Gasteiger partial charge in [0, 0.05) is 24.7 Å². The number of nitrogens with one attached hydrogen (secondary N) is 2. The first-order valence-corrected chi connectivity index (χ1v) is 8.19. The molecule has 0 amide bonds. The molecule has 0 unspecified atom stereocenters. The highest BCUT2D eigenvalue weighted by molar-refractivity contribution is 7.98. The van der Waals surface area contributed by atoms with Crippen molar-refractivity contribution in [2.24, 2.45) is 0 Å². The lowest BCUT2D eigenvalue weighted by Crippen LogP contribution is -2.44. The number of nitrogens with zero attached hydrogens (tertiary/aromatic N) is 3. The number of rotatable bonds is 8. The van der Waals surface area contributed by atoms with Gasteiger partial charge in [0.2, 0.25) is 0 Å². The van der Waals surface area contributed by atoms with E-state index in [9.17, 15) is 0 Å². The Morgan fingerprint density at radius 3 is 2.30 bits per heavy atom. The van der Waals surface area contributed by atoms with E-state index in [4.69, 9.17) is 0 Å². The van der Waals surface area contributed by atoms with Crippen LogP contribution in [0.15, 0.2) is 11.2 Å². The van der Waals surface area contributed by atoms with E-state index >= 15 is 0 Å². The summed E-state index contributed by atoms with van der Waals surface area (Å²) in [6.07, 6.45) is 3.07. The van der Waals surface area contributed by atoms with Crippen LogP contribution in [-0.2, 0) is 0 Å². The van der Waals surface area contributed by atoms with Gasteiger partial charge >= 0.3 is 0 Å². The van der Waals surface area contributed by atoms with Gasteiger partial charge in [-0.05, 0) is 40.6 Å². The zero-order valence-corrected chi connectivity index (χ0v) is 14.3. The number of hydrogen-bond donors (Lipinski definition) is 2. The molecule has 1 aromatic rings. The third-order valence-corrected chi connectivity index (χ3v) is 3.90. The second-order valence-corrected chi connectivity index (χ2v) is 6.39. The minimum absolute atomic E-state index is 0.0709. The van der Waals surface area contributed by atoms with E-state index in [1.165, 1.54) is 0 Å². The molecule has 20 heavy (non-hydrogen) atoms. The summed E-state index contributed by atoms with van der Waals surface area (Å²) in [5.74, 6) is 1.76. The van der Waals surface area contributed by atoms with E-state index in [2.05, 4.69) is 60.4 Å². The van der Waals surface area contributed by atoms with Crippen LogP contribution in [0.4, 0.5) is 11.6 Å². The molecule has 1 heterocycles. The molecule has 0 radical (unpaired) electrons. The van der Waals surface area contributed by atoms with Crippen molar-refractivity contribution < 1.29 is 0 Å². The number of anilines is 2. The van der Waals surface area contributed by atoms with Crippen molar-refractivity contribution >= 4 is 23.4 Å². The summed E-state index contributed by atoms with van der Waals surface area (Å²) >= 11 is 1.56. The maximum atomic E-state index is 4.50. The van der Waals surface area contributed by atoms with Crippen LogP contribution in [0.25, 0.3) is 0 Å². The van der Waals surface area contributed by atoms with Crippen LogP contribution in [0.3, 0.4) is 0 Å². The lowest BCUT2D eigenvalue weighted by molar-refractivity contribution is 0.210. The van der Waals surface area contributed by atoms with Gasteiger partial charge in [-0.1, -0.05) is 18.7 Å². The Morgan fingerprint density at radius 2 is 1.80 bits per heavy atom. The molecule has 1 rings (SSSR count). The van der Waals surface area contributed by atoms with Gasteiger partial charge in [-0.2, -0.15) is 0 Å². The molecule has 5 nitrogen and oxygen atoms in total. The summed E-state index contributed by atoms with van der Waals surface area (Å²) in [6.45, 7) is 8.30. The van der Waals surface area contributed by atoms with Crippen LogP contribution in [-0.4, -0.2) is 53.8 Å². The van der Waals surface area contributed by atoms with Gasteiger partial charge in [0.05, 0.1) is 0 Å². The SMILES string of the molecule is CCCNc1cc(NCC(C)(C)N(C)C)nc(SC)n1. The van der Waals surface area contributed by atoms with Crippen LogP contribution in [0, 0.1) is 0 Å². The lowest BCUT2D eigenvalue weighted by atomic mass is 10.0. The molecule has 0 fully saturated rings. The van der Waals surface area contributed by atoms with E-state index in [0.717, 1.165) is 36.3 Å². The maximum absolute atomic E-state index is 4.50. The Labute approximate surface area is 127 Å². The smallest absolute Gasteiger partial charge is 0.191 e. The first kappa shape index (κ1) is 17.0. The van der Waals surface area contributed by atoms with Crippen molar-refractivity contribution in [3.05, 3.63) is 6.07 Å². The lowest BCUT2D eigenvalue weighted by Gasteiger charge is -2.32. The zero-order valence-electron chi connectivity index (χ0n) is 13.4. The quantitative estimate of drug-likeness (QED) is 0.568. The zero-order chi connectivity index (χ0) is 15.2. The molecule has 6 heteroatoms. The predicted octanol–water partition coefficient (Wildman–Crippen LogP) is 2.77. The first-order valence-electron chi connectivity index (χ1n) is 6.97. The fourth-order valence-electron chi connectivity index (χ4n) is 1.42. The Hall–Kier alpha value is -1.01. The van der Waals surface area contributed by atoms with Gasteiger partial charge in [-0.15, -0.1) is 0 Å². The summed E-state index contributed by atoms with van der Waals surface area (Å²) in [6, 6.07) is 1.97. The topological polar surface area (TPSA) is 53.1 Å². The summed E-state index contributed by atoms with van der Waals surface area (Å²) in [4.78, 5) is 11.2. The summed E-state index contributed by atoms with van der Waals surface area (Å²) in [5.41, 5.74) is 0.0709. The third-order valence-electron chi connectivity index (χ3n) is 3.36. The highest BCUT2D eigenvalue weighted by Gasteiger charge is 2.20. The van der Waals surface area contributed by atoms with E-state index in [1.807, 2.05) is 12.3 Å². The van der Waals surface area contributed by atoms with Crippen molar-refractivity contribution in [3.63, 3.8) is 0 Å². The second-order valence-electron chi connectivity index (χ2n) is 5.61. The standard InChI is InChI=1S/C14H27N5S/c1-7-8-15-11-9-12(18-13(17-11)20-6)16-10-14(2,3)19(4)5/h9H,7-8,10H2,1-6H3,(H2,15,16,17,18). The van der Waals surface area contributed by atoms with Crippen LogP contribution < -0.4 is 10.6 Å². The number of thioether (sulfide) groups is 1. The van der Waals surface area contributed by atoms with Gasteiger partial charge in [0.1, 0.15) is 11.6 Å². The molecule has 0 bridgehead atoms. The monoisotopic (exact) mass is 297 g/mol. The average Bonchev–Trinajstić information content (AvgIpc) is 2.42. The van der Waals surface area contributed by atoms with Gasteiger partial charge in [0.25, 0.3) is 0 Å². The highest BCUT2D eigenvalue weighted by atomic mass is 32.2. The average molecular weight is 297 g/mol. The van der Waals surface area contributed by atoms with Crippen LogP contribution in [0.5, 0.6) is 0 Å². The van der Waals surface area contributed by atoms with Gasteiger partial charge in [-0.3, -0.25) is 0 Å². The fourth-order valence-corrected chi connectivity index (χ4v) is 1.79. The molecular weight excluding hydrogens is 270 g/mol. The molecule has 0 aliphatic carbocycles. The normalized spacial score (nSPS) is 11.8. The number of likely N-dealkylation sites (N-methyl/N-ethyl adjacent to an activating group) is 1. The highest BCUT2D eigenvalue weighted by Crippen LogP contribution is 2.18. The Balaban J connectivity index is 2.78. The van der Waals surface area contributed by atoms with Crippen molar-refractivity contribution in [2.45, 2.75) is 37.9 Å². The minimum atomic E-state index is 0.0709. The molecule has 114 valence electrons. The molecule has 0 saturated heterocycles. The first-order chi connectivity index (χ1) is 9.39. The van der Waals surface area contributed by atoms with Crippen LogP contribution >= 0.6 is 11.8 Å². The minimum Gasteiger partial charge on any atom is -0.370 e. The molecule has 0 aromatic carbocycles. The molecule has 0 spiro atoms. The molecule has 0 saturated carbocycles. The molecule has 0 aliphatic heterocycles. The molecule has 1 aromatic heterocycles. The Kier molecular flexibility index (Phi) is 6.55. The van der Waals surface area contributed by atoms with Crippen molar-refractivity contribution in [1.29, 1.82) is 0 Å². The van der Waals surface area contributed by atoms with Gasteiger partial charge < -0.3 is 15.5 Å². The molecule has 0 atom stereocenters. The van der Waals surface area contributed by atoms with E-state index in [-0.39, 0.29) is 5.54 Å². The van der Waals surface area contributed by atoms with Gasteiger partial charge in [0.15, 0.2) is 5.16 Å². The second kappa shape index (κ2) is 7.69. The number of hydrogen-bond acceptors (Lipinski definition) is 6. The van der Waals surface area contributed by atoms with E-state index < -0.39 is 0 Å². The molecule has 2 N–H and O–H groups in total. The maximum Gasteiger partial charge on any atom is 0.191 e. The summed E-state index contributed by atoms with van der Waals surface area (Å²) in [5, 5.41) is 7.51. The van der Waals surface area contributed by atoms with Crippen molar-refractivity contribution in [3.8, 4) is 0 Å². The van der Waals surface area contributed by atoms with Crippen molar-refractivity contribution in [2.75, 3.05) is 44.1 Å². The fraction of sp³-hybridized carbons (Fsp3) is 0.714. The molecule has 0 aliphatic rings. The van der Waals surface area contributed by atoms with E-state index in [0.29, 0.717) is 0 Å². The Morgan fingerprint density at radius 1 is 1.20 bits per heavy atom. The predicted molar refractivity (Wildman–Crippen MR) is 88.8 cm³/mol. The molecular formula is C14H27N5S. The summed E-state index contributed by atoms with van der Waals surface area (Å²) in [7, 11) is 4.17. The Bertz CT molecular complexity index is 420. The summed E-state index contributed by atoms with van der Waals surface area (Å²) < 4.78 is 0. The van der Waals surface area contributed by atoms with Crippen LogP contribution in [0.1, 0.15) is 27.2 Å². The van der Waals surface area contributed by atoms with Crippen molar-refractivity contribution in [1.82, 2.24) is 14.9 Å². The van der Waals surface area contributed by atoms with E-state index in [1.54, 1.807) is 11.8 Å². The van der Waals surface area contributed by atoms with Gasteiger partial charge in [-0.25, -0.2) is 9.97 Å². The van der Waals surface area contributed by atoms with Crippen LogP contribution in [0.2, 0.25) is 0 Å².